The molecule has 4 nitrogen and oxygen atoms in total. The third kappa shape index (κ3) is 5.99. The number of benzene rings is 2. The Morgan fingerprint density at radius 2 is 1.77 bits per heavy atom. The highest BCUT2D eigenvalue weighted by molar-refractivity contribution is 5.59. The maximum absolute atomic E-state index is 14.5. The second kappa shape index (κ2) is 10.2. The molecule has 1 atom stereocenters. The average molecular weight is 427 g/mol. The van der Waals surface area contributed by atoms with Gasteiger partial charge in [0.2, 0.25) is 0 Å². The van der Waals surface area contributed by atoms with Gasteiger partial charge in [-0.2, -0.15) is 0 Å². The lowest BCUT2D eigenvalue weighted by Crippen LogP contribution is -2.36. The van der Waals surface area contributed by atoms with Crippen LogP contribution in [-0.2, 0) is 6.54 Å². The molecule has 1 heterocycles. The molecule has 0 unspecified atom stereocenters. The summed E-state index contributed by atoms with van der Waals surface area (Å²) in [4.78, 5) is 4.82. The van der Waals surface area contributed by atoms with Crippen LogP contribution in [0.3, 0.4) is 0 Å². The molecule has 0 aliphatic heterocycles. The zero-order valence-electron chi connectivity index (χ0n) is 18.8. The largest absolute Gasteiger partial charge is 0.329 e. The lowest BCUT2D eigenvalue weighted by atomic mass is 9.86. The summed E-state index contributed by atoms with van der Waals surface area (Å²) in [6.07, 6.45) is 2.81. The molecule has 2 N–H and O–H groups in total. The van der Waals surface area contributed by atoms with Crippen molar-refractivity contribution >= 4 is 0 Å². The number of halogens is 2. The minimum absolute atomic E-state index is 0.0570. The Hall–Kier alpha value is -2.57. The highest BCUT2D eigenvalue weighted by Gasteiger charge is 2.30. The van der Waals surface area contributed by atoms with Crippen molar-refractivity contribution in [3.63, 3.8) is 0 Å². The van der Waals surface area contributed by atoms with E-state index in [0.29, 0.717) is 12.2 Å². The van der Waals surface area contributed by atoms with Gasteiger partial charge in [0, 0.05) is 18.3 Å². The predicted octanol–water partition coefficient (Wildman–Crippen LogP) is 5.16. The van der Waals surface area contributed by atoms with E-state index in [1.54, 1.807) is 0 Å². The Balaban J connectivity index is 2.04. The number of hydrogen-bond acceptors (Lipinski definition) is 3. The second-order valence-electron chi connectivity index (χ2n) is 8.93. The number of imidazole rings is 1. The number of aromatic nitrogens is 2. The smallest absolute Gasteiger partial charge is 0.132 e. The minimum atomic E-state index is -0.480. The van der Waals surface area contributed by atoms with Crippen LogP contribution < -0.4 is 10.6 Å². The Bertz CT molecular complexity index is 977. The van der Waals surface area contributed by atoms with E-state index in [-0.39, 0.29) is 17.0 Å². The van der Waals surface area contributed by atoms with E-state index >= 15 is 0 Å². The quantitative estimate of drug-likeness (QED) is 0.464. The van der Waals surface area contributed by atoms with Crippen molar-refractivity contribution in [3.05, 3.63) is 77.8 Å². The van der Waals surface area contributed by atoms with Crippen molar-refractivity contribution in [2.75, 3.05) is 20.1 Å². The van der Waals surface area contributed by atoms with E-state index in [2.05, 4.69) is 48.1 Å². The van der Waals surface area contributed by atoms with Gasteiger partial charge in [-0.05, 0) is 55.7 Å². The van der Waals surface area contributed by atoms with Crippen molar-refractivity contribution < 1.29 is 8.78 Å². The van der Waals surface area contributed by atoms with Gasteiger partial charge in [-0.25, -0.2) is 13.8 Å². The third-order valence-electron chi connectivity index (χ3n) is 5.28. The summed E-state index contributed by atoms with van der Waals surface area (Å²) < 4.78 is 30.4. The minimum Gasteiger partial charge on any atom is -0.329 e. The Kier molecular flexibility index (Phi) is 7.57. The summed E-state index contributed by atoms with van der Waals surface area (Å²) in [6, 6.07) is 13.5. The predicted molar refractivity (Wildman–Crippen MR) is 122 cm³/mol. The first-order chi connectivity index (χ1) is 14.8. The van der Waals surface area contributed by atoms with Gasteiger partial charge < -0.3 is 15.2 Å². The number of rotatable bonds is 9. The lowest BCUT2D eigenvalue weighted by molar-refractivity contribution is 0.256. The summed E-state index contributed by atoms with van der Waals surface area (Å²) in [5.41, 5.74) is 1.61. The Morgan fingerprint density at radius 1 is 1.03 bits per heavy atom. The fraction of sp³-hybridized carbons (Fsp3) is 0.400. The van der Waals surface area contributed by atoms with Crippen LogP contribution in [0.15, 0.2) is 54.7 Å². The van der Waals surface area contributed by atoms with Crippen molar-refractivity contribution in [1.82, 2.24) is 20.2 Å². The first kappa shape index (κ1) is 23.1. The number of nitrogens with zero attached hydrogens (tertiary/aromatic N) is 2. The maximum atomic E-state index is 14.5. The average Bonchev–Trinajstić information content (AvgIpc) is 3.12. The molecule has 0 bridgehead atoms. The van der Waals surface area contributed by atoms with Gasteiger partial charge in [-0.15, -0.1) is 0 Å². The number of hydrogen-bond donors (Lipinski definition) is 2. The van der Waals surface area contributed by atoms with Crippen LogP contribution in [0.2, 0.25) is 0 Å². The molecular weight excluding hydrogens is 394 g/mol. The van der Waals surface area contributed by atoms with Crippen molar-refractivity contribution in [2.24, 2.45) is 5.41 Å². The van der Waals surface area contributed by atoms with Gasteiger partial charge in [0.25, 0.3) is 0 Å². The summed E-state index contributed by atoms with van der Waals surface area (Å²) >= 11 is 0. The molecule has 0 saturated heterocycles. The molecule has 2 aromatic carbocycles. The van der Waals surface area contributed by atoms with Crippen molar-refractivity contribution in [2.45, 2.75) is 39.8 Å². The monoisotopic (exact) mass is 426 g/mol. The van der Waals surface area contributed by atoms with Gasteiger partial charge in [0.05, 0.1) is 11.7 Å². The summed E-state index contributed by atoms with van der Waals surface area (Å²) in [5, 5.41) is 6.80. The van der Waals surface area contributed by atoms with Gasteiger partial charge in [-0.1, -0.05) is 51.1 Å². The molecule has 0 saturated carbocycles. The standard InChI is InChI=1S/C25H32F2N4/c1-25(2,3)23(29-14-8-13-28-4)24-30-22(20-15-19(26)11-12-21(20)27)17-31(24)16-18-9-6-5-7-10-18/h5-7,9-12,15,17,23,28-29H,8,13-14,16H2,1-4H3/t23-/m0/s1. The highest BCUT2D eigenvalue weighted by atomic mass is 19.1. The van der Waals surface area contributed by atoms with Crippen molar-refractivity contribution in [3.8, 4) is 11.3 Å². The normalized spacial score (nSPS) is 12.8. The molecule has 0 fully saturated rings. The van der Waals surface area contributed by atoms with Gasteiger partial charge in [-0.3, -0.25) is 0 Å². The topological polar surface area (TPSA) is 41.9 Å². The molecule has 3 aromatic rings. The van der Waals surface area contributed by atoms with Crippen molar-refractivity contribution in [1.29, 1.82) is 0 Å². The van der Waals surface area contributed by atoms with E-state index in [9.17, 15) is 8.78 Å². The maximum Gasteiger partial charge on any atom is 0.132 e. The molecule has 0 amide bonds. The fourth-order valence-corrected chi connectivity index (χ4v) is 3.69. The van der Waals surface area contributed by atoms with E-state index in [1.807, 2.05) is 31.4 Å². The fourth-order valence-electron chi connectivity index (χ4n) is 3.69. The van der Waals surface area contributed by atoms with Crippen LogP contribution in [0.4, 0.5) is 8.78 Å². The van der Waals surface area contributed by atoms with Crippen LogP contribution in [0, 0.1) is 17.0 Å². The van der Waals surface area contributed by atoms with Crippen LogP contribution in [-0.4, -0.2) is 29.7 Å². The van der Waals surface area contributed by atoms with Gasteiger partial charge in [0.15, 0.2) is 0 Å². The first-order valence-electron chi connectivity index (χ1n) is 10.7. The van der Waals surface area contributed by atoms with Gasteiger partial charge >= 0.3 is 0 Å². The molecule has 0 aliphatic carbocycles. The van der Waals surface area contributed by atoms with E-state index in [4.69, 9.17) is 4.98 Å². The molecule has 31 heavy (non-hydrogen) atoms. The van der Waals surface area contributed by atoms with Crippen LogP contribution in [0.5, 0.6) is 0 Å². The first-order valence-corrected chi connectivity index (χ1v) is 10.7. The van der Waals surface area contributed by atoms with Crippen LogP contribution in [0.1, 0.15) is 44.6 Å². The zero-order chi connectivity index (χ0) is 22.4. The van der Waals surface area contributed by atoms with E-state index < -0.39 is 11.6 Å². The van der Waals surface area contributed by atoms with E-state index in [0.717, 1.165) is 43.0 Å². The van der Waals surface area contributed by atoms with Crippen LogP contribution in [0.25, 0.3) is 11.3 Å². The molecule has 1 aromatic heterocycles. The number of nitrogens with one attached hydrogen (secondary N) is 2. The Labute approximate surface area is 183 Å². The van der Waals surface area contributed by atoms with Crippen LogP contribution >= 0.6 is 0 Å². The molecule has 166 valence electrons. The molecular formula is C25H32F2N4. The third-order valence-corrected chi connectivity index (χ3v) is 5.28. The molecule has 0 spiro atoms. The molecule has 6 heteroatoms. The summed E-state index contributed by atoms with van der Waals surface area (Å²) in [5.74, 6) is -0.140. The van der Waals surface area contributed by atoms with Gasteiger partial charge in [0.1, 0.15) is 17.5 Å². The van der Waals surface area contributed by atoms with E-state index in [1.165, 1.54) is 6.07 Å². The second-order valence-corrected chi connectivity index (χ2v) is 8.93. The SMILES string of the molecule is CNCCCN[C@@H](c1nc(-c2cc(F)ccc2F)cn1Cc1ccccc1)C(C)(C)C. The Morgan fingerprint density at radius 3 is 2.45 bits per heavy atom. The summed E-state index contributed by atoms with van der Waals surface area (Å²) in [6.45, 7) is 8.82. The highest BCUT2D eigenvalue weighted by Crippen LogP contribution is 2.34. The summed E-state index contributed by atoms with van der Waals surface area (Å²) in [7, 11) is 1.94. The molecule has 0 aliphatic rings. The zero-order valence-corrected chi connectivity index (χ0v) is 18.8. The molecule has 3 rings (SSSR count). The molecule has 0 radical (unpaired) electrons. The lowest BCUT2D eigenvalue weighted by Gasteiger charge is -2.31.